The van der Waals surface area contributed by atoms with E-state index >= 15 is 0 Å². The lowest BCUT2D eigenvalue weighted by molar-refractivity contribution is 0.0749. The highest BCUT2D eigenvalue weighted by molar-refractivity contribution is 6.03. The van der Waals surface area contributed by atoms with Gasteiger partial charge in [-0.25, -0.2) is 4.68 Å². The predicted octanol–water partition coefficient (Wildman–Crippen LogP) is 4.86. The second kappa shape index (κ2) is 8.59. The van der Waals surface area contributed by atoms with Crippen LogP contribution in [-0.2, 0) is 19.6 Å². The van der Waals surface area contributed by atoms with Gasteiger partial charge in [-0.1, -0.05) is 54.1 Å². The summed E-state index contributed by atoms with van der Waals surface area (Å²) < 4.78 is 1.81. The highest BCUT2D eigenvalue weighted by atomic mass is 16.3. The van der Waals surface area contributed by atoms with Gasteiger partial charge in [0.2, 0.25) is 0 Å². The van der Waals surface area contributed by atoms with Crippen molar-refractivity contribution in [3.63, 3.8) is 0 Å². The molecule has 0 spiro atoms. The van der Waals surface area contributed by atoms with Crippen LogP contribution in [0.1, 0.15) is 38.3 Å². The first-order valence-electron chi connectivity index (χ1n) is 11.2. The zero-order chi connectivity index (χ0) is 23.8. The third-order valence-electron chi connectivity index (χ3n) is 6.06. The van der Waals surface area contributed by atoms with Gasteiger partial charge in [-0.2, -0.15) is 5.10 Å². The molecular formula is C27H26N4O3. The van der Waals surface area contributed by atoms with Crippen LogP contribution in [0.4, 0.5) is 11.5 Å². The molecule has 1 amide bonds. The molecule has 1 aromatic heterocycles. The van der Waals surface area contributed by atoms with Crippen LogP contribution in [0.3, 0.4) is 0 Å². The van der Waals surface area contributed by atoms with Crippen LogP contribution in [-0.4, -0.2) is 30.8 Å². The van der Waals surface area contributed by atoms with E-state index < -0.39 is 0 Å². The third-order valence-corrected chi connectivity index (χ3v) is 6.06. The maximum atomic E-state index is 13.5. The molecule has 0 atom stereocenters. The van der Waals surface area contributed by atoms with E-state index in [0.717, 1.165) is 22.4 Å². The van der Waals surface area contributed by atoms with Gasteiger partial charge in [-0.15, -0.1) is 0 Å². The van der Waals surface area contributed by atoms with E-state index in [1.807, 2.05) is 44.2 Å². The van der Waals surface area contributed by atoms with Crippen LogP contribution >= 0.6 is 0 Å². The number of anilines is 2. The predicted molar refractivity (Wildman–Crippen MR) is 130 cm³/mol. The summed E-state index contributed by atoms with van der Waals surface area (Å²) in [7, 11) is 0. The summed E-state index contributed by atoms with van der Waals surface area (Å²) in [6.45, 7) is 5.41. The summed E-state index contributed by atoms with van der Waals surface area (Å²) in [6.07, 6.45) is 0. The lowest BCUT2D eigenvalue weighted by atomic mass is 10.1. The number of aromatic nitrogens is 2. The number of carbonyl (C=O) groups excluding carboxylic acids is 1. The van der Waals surface area contributed by atoms with Crippen molar-refractivity contribution in [1.29, 1.82) is 0 Å². The van der Waals surface area contributed by atoms with Gasteiger partial charge in [0.1, 0.15) is 22.9 Å². The molecular weight excluding hydrogens is 428 g/mol. The average Bonchev–Trinajstić information content (AvgIpc) is 3.38. The van der Waals surface area contributed by atoms with E-state index in [4.69, 9.17) is 0 Å². The van der Waals surface area contributed by atoms with Crippen LogP contribution in [0.5, 0.6) is 11.5 Å². The van der Waals surface area contributed by atoms with Crippen LogP contribution in [0.2, 0.25) is 0 Å². The molecule has 0 unspecified atom stereocenters. The number of aromatic hydroxyl groups is 2. The Bertz CT molecular complexity index is 1350. The normalized spacial score (nSPS) is 12.6. The Labute approximate surface area is 197 Å². The van der Waals surface area contributed by atoms with Gasteiger partial charge in [0.15, 0.2) is 0 Å². The van der Waals surface area contributed by atoms with Gasteiger partial charge in [0.05, 0.1) is 17.9 Å². The topological polar surface area (TPSA) is 90.6 Å². The molecule has 3 N–H and O–H groups in total. The van der Waals surface area contributed by atoms with E-state index in [0.29, 0.717) is 31.1 Å². The summed E-state index contributed by atoms with van der Waals surface area (Å²) >= 11 is 0. The molecule has 0 aliphatic carbocycles. The van der Waals surface area contributed by atoms with Crippen molar-refractivity contribution in [2.75, 3.05) is 5.32 Å². The fraction of sp³-hybridized carbons (Fsp3) is 0.185. The summed E-state index contributed by atoms with van der Waals surface area (Å²) in [6, 6.07) is 20.6. The van der Waals surface area contributed by atoms with Crippen molar-refractivity contribution in [2.24, 2.45) is 0 Å². The van der Waals surface area contributed by atoms with Crippen molar-refractivity contribution in [3.05, 3.63) is 100 Å². The van der Waals surface area contributed by atoms with Gasteiger partial charge < -0.3 is 20.4 Å². The zero-order valence-electron chi connectivity index (χ0n) is 19.1. The number of hydrogen-bond acceptors (Lipinski definition) is 5. The molecule has 0 bridgehead atoms. The summed E-state index contributed by atoms with van der Waals surface area (Å²) in [5.41, 5.74) is 5.70. The van der Waals surface area contributed by atoms with E-state index in [-0.39, 0.29) is 23.0 Å². The molecule has 3 aromatic carbocycles. The van der Waals surface area contributed by atoms with Crippen molar-refractivity contribution in [1.82, 2.24) is 14.7 Å². The number of nitrogens with zero attached hydrogens (tertiary/aromatic N) is 3. The molecule has 4 aromatic rings. The summed E-state index contributed by atoms with van der Waals surface area (Å²) in [5, 5.41) is 28.7. The number of phenols is 2. The molecule has 7 heteroatoms. The molecule has 172 valence electrons. The molecule has 1 aliphatic rings. The van der Waals surface area contributed by atoms with Gasteiger partial charge in [-0.3, -0.25) is 4.79 Å². The van der Waals surface area contributed by atoms with Crippen LogP contribution in [0, 0.1) is 13.8 Å². The second-order valence-corrected chi connectivity index (χ2v) is 8.76. The molecule has 0 fully saturated rings. The SMILES string of the molecule is Cc1ccc(Cn2nc(C)cc2Nc2cc(O)cc(O)c2C(=O)N2Cc3ccccc3C2)cc1. The minimum Gasteiger partial charge on any atom is -0.508 e. The zero-order valence-corrected chi connectivity index (χ0v) is 19.1. The minimum atomic E-state index is -0.308. The number of nitrogens with one attached hydrogen (secondary N) is 1. The maximum absolute atomic E-state index is 13.5. The van der Waals surface area contributed by atoms with Crippen molar-refractivity contribution >= 4 is 17.4 Å². The van der Waals surface area contributed by atoms with E-state index in [9.17, 15) is 15.0 Å². The van der Waals surface area contributed by atoms with E-state index in [1.165, 1.54) is 17.7 Å². The third kappa shape index (κ3) is 4.20. The maximum Gasteiger partial charge on any atom is 0.260 e. The Morgan fingerprint density at radius 2 is 1.65 bits per heavy atom. The molecule has 2 heterocycles. The molecule has 0 radical (unpaired) electrons. The number of rotatable bonds is 5. The number of amides is 1. The number of aryl methyl sites for hydroxylation is 2. The Balaban J connectivity index is 1.46. The van der Waals surface area contributed by atoms with Crippen molar-refractivity contribution < 1.29 is 15.0 Å². The van der Waals surface area contributed by atoms with Crippen LogP contribution in [0.25, 0.3) is 0 Å². The van der Waals surface area contributed by atoms with Gasteiger partial charge in [0, 0.05) is 31.3 Å². The van der Waals surface area contributed by atoms with E-state index in [1.54, 1.807) is 9.58 Å². The smallest absolute Gasteiger partial charge is 0.260 e. The Kier molecular flexibility index (Phi) is 5.45. The Morgan fingerprint density at radius 1 is 0.971 bits per heavy atom. The summed E-state index contributed by atoms with van der Waals surface area (Å²) in [5.74, 6) is -0.0632. The summed E-state index contributed by atoms with van der Waals surface area (Å²) in [4.78, 5) is 15.2. The highest BCUT2D eigenvalue weighted by Crippen LogP contribution is 2.36. The largest absolute Gasteiger partial charge is 0.508 e. The molecule has 0 saturated carbocycles. The molecule has 5 rings (SSSR count). The fourth-order valence-corrected chi connectivity index (χ4v) is 4.34. The monoisotopic (exact) mass is 454 g/mol. The minimum absolute atomic E-state index is 0.117. The molecule has 0 saturated heterocycles. The molecule has 1 aliphatic heterocycles. The average molecular weight is 455 g/mol. The highest BCUT2D eigenvalue weighted by Gasteiger charge is 2.28. The number of carbonyl (C=O) groups is 1. The first-order chi connectivity index (χ1) is 16.4. The number of fused-ring (bicyclic) bond motifs is 1. The Hall–Kier alpha value is -4.26. The lowest BCUT2D eigenvalue weighted by Gasteiger charge is -2.20. The van der Waals surface area contributed by atoms with Crippen LogP contribution in [0.15, 0.2) is 66.7 Å². The van der Waals surface area contributed by atoms with Crippen molar-refractivity contribution in [3.8, 4) is 11.5 Å². The Morgan fingerprint density at radius 3 is 2.32 bits per heavy atom. The quantitative estimate of drug-likeness (QED) is 0.401. The fourth-order valence-electron chi connectivity index (χ4n) is 4.34. The first-order valence-corrected chi connectivity index (χ1v) is 11.2. The van der Waals surface area contributed by atoms with Crippen LogP contribution < -0.4 is 5.32 Å². The standard InChI is InChI=1S/C27H26N4O3/c1-17-7-9-19(10-8-17)14-31-25(11-18(2)29-31)28-23-12-22(32)13-24(33)26(23)27(34)30-15-20-5-3-4-6-21(20)16-30/h3-13,28,32-33H,14-16H2,1-2H3. The second-order valence-electron chi connectivity index (χ2n) is 8.76. The van der Waals surface area contributed by atoms with Gasteiger partial charge in [0.25, 0.3) is 5.91 Å². The van der Waals surface area contributed by atoms with Gasteiger partial charge >= 0.3 is 0 Å². The number of benzene rings is 3. The lowest BCUT2D eigenvalue weighted by Crippen LogP contribution is -2.26. The number of phenolic OH excluding ortho intramolecular Hbond substituents is 2. The first kappa shape index (κ1) is 21.6. The number of hydrogen-bond donors (Lipinski definition) is 3. The van der Waals surface area contributed by atoms with E-state index in [2.05, 4.69) is 34.7 Å². The molecule has 7 nitrogen and oxygen atoms in total. The molecule has 34 heavy (non-hydrogen) atoms. The van der Waals surface area contributed by atoms with Crippen molar-refractivity contribution in [2.45, 2.75) is 33.5 Å². The van der Waals surface area contributed by atoms with Gasteiger partial charge in [-0.05, 0) is 30.5 Å².